The van der Waals surface area contributed by atoms with E-state index in [9.17, 15) is 14.7 Å². The van der Waals surface area contributed by atoms with Crippen LogP contribution in [0.4, 0.5) is 4.79 Å². The number of rotatable bonds is 7. The summed E-state index contributed by atoms with van der Waals surface area (Å²) in [5, 5.41) is 15.1. The molecule has 25 heavy (non-hydrogen) atoms. The first kappa shape index (κ1) is 20.0. The number of hydrogen-bond acceptors (Lipinski definition) is 5. The quantitative estimate of drug-likeness (QED) is 0.648. The van der Waals surface area contributed by atoms with E-state index in [1.165, 1.54) is 19.3 Å². The van der Waals surface area contributed by atoms with E-state index in [2.05, 4.69) is 10.6 Å². The predicted molar refractivity (Wildman–Crippen MR) is 92.8 cm³/mol. The van der Waals surface area contributed by atoms with Crippen LogP contribution in [0.5, 0.6) is 0 Å². The maximum Gasteiger partial charge on any atom is 0.407 e. The summed E-state index contributed by atoms with van der Waals surface area (Å²) < 4.78 is 10.4. The normalized spacial score (nSPS) is 25.6. The predicted octanol–water partition coefficient (Wildman–Crippen LogP) is 1.93. The number of carbonyl (C=O) groups is 2. The van der Waals surface area contributed by atoms with Crippen LogP contribution in [0.1, 0.15) is 58.8 Å². The third-order valence-corrected chi connectivity index (χ3v) is 4.88. The Bertz CT molecular complexity index is 437. The Morgan fingerprint density at radius 2 is 1.92 bits per heavy atom. The van der Waals surface area contributed by atoms with Gasteiger partial charge >= 0.3 is 6.09 Å². The van der Waals surface area contributed by atoms with Crippen LogP contribution >= 0.6 is 0 Å². The van der Waals surface area contributed by atoms with E-state index < -0.39 is 24.5 Å². The Hall–Kier alpha value is -1.34. The molecule has 0 spiro atoms. The summed E-state index contributed by atoms with van der Waals surface area (Å²) in [6.45, 7) is 4.81. The molecule has 2 rings (SSSR count). The van der Waals surface area contributed by atoms with Crippen molar-refractivity contribution in [1.82, 2.24) is 10.6 Å². The molecule has 3 atom stereocenters. The van der Waals surface area contributed by atoms with Crippen molar-refractivity contribution in [3.8, 4) is 0 Å². The molecule has 0 aromatic rings. The van der Waals surface area contributed by atoms with E-state index >= 15 is 0 Å². The van der Waals surface area contributed by atoms with Gasteiger partial charge in [-0.1, -0.05) is 33.1 Å². The number of carbonyl (C=O) groups excluding carboxylic acids is 2. The van der Waals surface area contributed by atoms with E-state index in [4.69, 9.17) is 9.47 Å². The molecule has 1 saturated heterocycles. The first-order chi connectivity index (χ1) is 12.0. The van der Waals surface area contributed by atoms with Crippen LogP contribution in [0, 0.1) is 11.8 Å². The summed E-state index contributed by atoms with van der Waals surface area (Å²) >= 11 is 0. The molecule has 0 aromatic carbocycles. The van der Waals surface area contributed by atoms with Crippen molar-refractivity contribution in [3.05, 3.63) is 0 Å². The average molecular weight is 356 g/mol. The minimum Gasteiger partial charge on any atom is -0.449 e. The molecule has 2 aliphatic rings. The zero-order valence-electron chi connectivity index (χ0n) is 15.3. The first-order valence-corrected chi connectivity index (χ1v) is 9.49. The molecule has 1 aliphatic carbocycles. The molecule has 2 fully saturated rings. The van der Waals surface area contributed by atoms with Gasteiger partial charge in [0.2, 0.25) is 5.91 Å². The summed E-state index contributed by atoms with van der Waals surface area (Å²) in [4.78, 5) is 24.6. The highest BCUT2D eigenvalue weighted by Crippen LogP contribution is 2.23. The Morgan fingerprint density at radius 3 is 2.52 bits per heavy atom. The third kappa shape index (κ3) is 6.82. The highest BCUT2D eigenvalue weighted by Gasteiger charge is 2.31. The summed E-state index contributed by atoms with van der Waals surface area (Å²) in [5.74, 6) is 0.361. The lowest BCUT2D eigenvalue weighted by Crippen LogP contribution is -2.52. The smallest absolute Gasteiger partial charge is 0.407 e. The fourth-order valence-corrected chi connectivity index (χ4v) is 3.44. The van der Waals surface area contributed by atoms with Crippen molar-refractivity contribution < 1.29 is 24.2 Å². The number of nitrogens with one attached hydrogen (secondary N) is 2. The van der Waals surface area contributed by atoms with Gasteiger partial charge in [-0.25, -0.2) is 4.79 Å². The fraction of sp³-hybridized carbons (Fsp3) is 0.889. The monoisotopic (exact) mass is 356 g/mol. The summed E-state index contributed by atoms with van der Waals surface area (Å²) in [6, 6.07) is -1.10. The maximum atomic E-state index is 12.5. The van der Waals surface area contributed by atoms with E-state index in [1.807, 2.05) is 13.8 Å². The van der Waals surface area contributed by atoms with Crippen molar-refractivity contribution in [2.24, 2.45) is 11.8 Å². The number of ether oxygens (including phenoxy) is 2. The van der Waals surface area contributed by atoms with Gasteiger partial charge < -0.3 is 25.2 Å². The van der Waals surface area contributed by atoms with Crippen LogP contribution in [0.15, 0.2) is 0 Å². The third-order valence-electron chi connectivity index (χ3n) is 4.88. The molecule has 7 heteroatoms. The van der Waals surface area contributed by atoms with Gasteiger partial charge in [0, 0.05) is 0 Å². The Labute approximate surface area is 149 Å². The minimum absolute atomic E-state index is 0.235. The van der Waals surface area contributed by atoms with Crippen LogP contribution in [0.3, 0.4) is 0 Å². The second kappa shape index (κ2) is 9.97. The molecule has 1 saturated carbocycles. The molecule has 1 aliphatic heterocycles. The summed E-state index contributed by atoms with van der Waals surface area (Å²) in [7, 11) is 0. The van der Waals surface area contributed by atoms with Crippen molar-refractivity contribution in [1.29, 1.82) is 0 Å². The SMILES string of the molecule is CC(C)CC(NC(=O)OCC1CCCCC1)C(=O)NC1CCOC1O. The summed E-state index contributed by atoms with van der Waals surface area (Å²) in [5.41, 5.74) is 0. The van der Waals surface area contributed by atoms with E-state index in [1.54, 1.807) is 0 Å². The zero-order chi connectivity index (χ0) is 18.2. The van der Waals surface area contributed by atoms with Gasteiger partial charge in [0.1, 0.15) is 6.04 Å². The molecule has 3 N–H and O–H groups in total. The minimum atomic E-state index is -0.984. The van der Waals surface area contributed by atoms with Crippen molar-refractivity contribution in [2.75, 3.05) is 13.2 Å². The molecule has 2 amide bonds. The van der Waals surface area contributed by atoms with Gasteiger partial charge in [0.05, 0.1) is 19.3 Å². The lowest BCUT2D eigenvalue weighted by molar-refractivity contribution is -0.127. The second-order valence-electron chi connectivity index (χ2n) is 7.59. The second-order valence-corrected chi connectivity index (χ2v) is 7.59. The van der Waals surface area contributed by atoms with Gasteiger partial charge in [-0.15, -0.1) is 0 Å². The van der Waals surface area contributed by atoms with Gasteiger partial charge in [-0.2, -0.15) is 0 Å². The topological polar surface area (TPSA) is 96.9 Å². The molecule has 7 nitrogen and oxygen atoms in total. The van der Waals surface area contributed by atoms with Crippen LogP contribution < -0.4 is 10.6 Å². The largest absolute Gasteiger partial charge is 0.449 e. The van der Waals surface area contributed by atoms with Gasteiger partial charge in [0.15, 0.2) is 6.29 Å². The van der Waals surface area contributed by atoms with Crippen molar-refractivity contribution in [3.63, 3.8) is 0 Å². The molecule has 0 aromatic heterocycles. The molecule has 1 heterocycles. The fourth-order valence-electron chi connectivity index (χ4n) is 3.44. The number of aliphatic hydroxyl groups is 1. The maximum absolute atomic E-state index is 12.5. The van der Waals surface area contributed by atoms with Crippen molar-refractivity contribution >= 4 is 12.0 Å². The lowest BCUT2D eigenvalue weighted by Gasteiger charge is -2.24. The first-order valence-electron chi connectivity index (χ1n) is 9.49. The van der Waals surface area contributed by atoms with Crippen LogP contribution in [-0.4, -0.2) is 48.7 Å². The number of alkyl carbamates (subject to hydrolysis) is 1. The van der Waals surface area contributed by atoms with Crippen molar-refractivity contribution in [2.45, 2.75) is 77.2 Å². The molecule has 144 valence electrons. The Kier molecular flexibility index (Phi) is 7.96. The Balaban J connectivity index is 1.80. The average Bonchev–Trinajstić information content (AvgIpc) is 2.98. The number of hydrogen-bond donors (Lipinski definition) is 3. The van der Waals surface area contributed by atoms with Crippen LogP contribution in [0.25, 0.3) is 0 Å². The lowest BCUT2D eigenvalue weighted by atomic mass is 9.90. The standard InChI is InChI=1S/C18H32N2O5/c1-12(2)10-15(16(21)19-14-8-9-24-17(14)22)20-18(23)25-11-13-6-4-3-5-7-13/h12-15,17,22H,3-11H2,1-2H3,(H,19,21)(H,20,23). The van der Waals surface area contributed by atoms with Crippen LogP contribution in [0.2, 0.25) is 0 Å². The molecule has 3 unspecified atom stereocenters. The van der Waals surface area contributed by atoms with Gasteiger partial charge in [-0.3, -0.25) is 4.79 Å². The molecule has 0 bridgehead atoms. The molecular weight excluding hydrogens is 324 g/mol. The van der Waals surface area contributed by atoms with Gasteiger partial charge in [0.25, 0.3) is 0 Å². The van der Waals surface area contributed by atoms with E-state index in [0.717, 1.165) is 12.8 Å². The highest BCUT2D eigenvalue weighted by molar-refractivity contribution is 5.85. The zero-order valence-corrected chi connectivity index (χ0v) is 15.3. The highest BCUT2D eigenvalue weighted by atomic mass is 16.6. The molecular formula is C18H32N2O5. The van der Waals surface area contributed by atoms with E-state index in [-0.39, 0.29) is 11.8 Å². The summed E-state index contributed by atoms with van der Waals surface area (Å²) in [6.07, 6.45) is 5.39. The molecule has 0 radical (unpaired) electrons. The Morgan fingerprint density at radius 1 is 1.20 bits per heavy atom. The van der Waals surface area contributed by atoms with E-state index in [0.29, 0.717) is 32.0 Å². The number of aliphatic hydroxyl groups excluding tert-OH is 1. The number of amides is 2. The van der Waals surface area contributed by atoms with Gasteiger partial charge in [-0.05, 0) is 37.5 Å². The van der Waals surface area contributed by atoms with Crippen LogP contribution in [-0.2, 0) is 14.3 Å².